The number of aromatic nitrogens is 1. The summed E-state index contributed by atoms with van der Waals surface area (Å²) in [5.74, 6) is -2.90. The molecule has 1 atom stereocenters. The second kappa shape index (κ2) is 9.80. The average Bonchev–Trinajstić information content (AvgIpc) is 2.79. The first-order chi connectivity index (χ1) is 17.0. The third-order valence-corrected chi connectivity index (χ3v) is 5.50. The van der Waals surface area contributed by atoms with Crippen LogP contribution in [0.5, 0.6) is 5.75 Å². The Morgan fingerprint density at radius 3 is 2.67 bits per heavy atom. The Balaban J connectivity index is 1.46. The fourth-order valence-electron chi connectivity index (χ4n) is 3.86. The lowest BCUT2D eigenvalue weighted by atomic mass is 9.88. The van der Waals surface area contributed by atoms with Gasteiger partial charge < -0.3 is 9.47 Å². The average molecular weight is 505 g/mol. The highest BCUT2D eigenvalue weighted by molar-refractivity contribution is 6.01. The van der Waals surface area contributed by atoms with E-state index in [-0.39, 0.29) is 24.8 Å². The number of amides is 3. The third kappa shape index (κ3) is 5.88. The molecule has 1 aliphatic rings. The van der Waals surface area contributed by atoms with Gasteiger partial charge in [-0.2, -0.15) is 0 Å². The first-order valence-corrected chi connectivity index (χ1v) is 10.7. The van der Waals surface area contributed by atoms with Crippen LogP contribution in [0.4, 0.5) is 28.0 Å². The quantitative estimate of drug-likeness (QED) is 0.379. The van der Waals surface area contributed by atoms with E-state index in [0.717, 1.165) is 12.1 Å². The standard InChI is InChI=1S/C24H19F4N3O5/c1-12-17(16-4-7-21(32)31-22(16)33)9-14-8-13(2-6-19(14)29-12)11-35-23(34)30-20-10-15(3-5-18(20)25)36-24(26,27)28/h2-3,5-6,8-10,16H,4,7,11H2,1H3,(H,30,34)(H,31,32,33). The monoisotopic (exact) mass is 505 g/mol. The highest BCUT2D eigenvalue weighted by atomic mass is 19.4. The predicted octanol–water partition coefficient (Wildman–Crippen LogP) is 4.85. The highest BCUT2D eigenvalue weighted by Gasteiger charge is 2.31. The molecule has 0 aliphatic carbocycles. The van der Waals surface area contributed by atoms with E-state index in [4.69, 9.17) is 4.74 Å². The molecule has 1 saturated heterocycles. The maximum atomic E-state index is 13.9. The van der Waals surface area contributed by atoms with Gasteiger partial charge in [0.25, 0.3) is 0 Å². The summed E-state index contributed by atoms with van der Waals surface area (Å²) in [6, 6.07) is 9.02. The number of hydrogen-bond donors (Lipinski definition) is 2. The molecule has 3 amide bonds. The fourth-order valence-corrected chi connectivity index (χ4v) is 3.86. The van der Waals surface area contributed by atoms with Crippen molar-refractivity contribution in [1.82, 2.24) is 10.3 Å². The van der Waals surface area contributed by atoms with Gasteiger partial charge in [-0.1, -0.05) is 6.07 Å². The van der Waals surface area contributed by atoms with Crippen LogP contribution in [0.1, 0.15) is 35.6 Å². The van der Waals surface area contributed by atoms with Crippen molar-refractivity contribution in [2.45, 2.75) is 38.7 Å². The number of fused-ring (bicyclic) bond motifs is 1. The zero-order chi connectivity index (χ0) is 26.0. The molecule has 1 aliphatic heterocycles. The number of pyridine rings is 1. The Labute approximate surface area is 201 Å². The number of piperidine rings is 1. The molecule has 0 saturated carbocycles. The molecular weight excluding hydrogens is 486 g/mol. The molecular formula is C24H19F4N3O5. The number of hydrogen-bond acceptors (Lipinski definition) is 6. The second-order valence-electron chi connectivity index (χ2n) is 8.08. The summed E-state index contributed by atoms with van der Waals surface area (Å²) in [5, 5.41) is 5.04. The number of carbonyl (C=O) groups excluding carboxylic acids is 3. The van der Waals surface area contributed by atoms with E-state index in [2.05, 4.69) is 15.0 Å². The number of ether oxygens (including phenoxy) is 2. The Morgan fingerprint density at radius 2 is 1.94 bits per heavy atom. The largest absolute Gasteiger partial charge is 0.573 e. The van der Waals surface area contributed by atoms with E-state index in [0.29, 0.717) is 40.2 Å². The number of aryl methyl sites for hydroxylation is 1. The number of alkyl halides is 3. The van der Waals surface area contributed by atoms with Gasteiger partial charge in [-0.05, 0) is 54.8 Å². The van der Waals surface area contributed by atoms with E-state index in [1.165, 1.54) is 0 Å². The SMILES string of the molecule is Cc1nc2ccc(COC(=O)Nc3cc(OC(F)(F)F)ccc3F)cc2cc1C1CCC(=O)NC1=O. The molecule has 0 bridgehead atoms. The van der Waals surface area contributed by atoms with Crippen molar-refractivity contribution in [3.05, 3.63) is 65.1 Å². The molecule has 12 heteroatoms. The molecule has 1 aromatic heterocycles. The predicted molar refractivity (Wildman–Crippen MR) is 118 cm³/mol. The Kier molecular flexibility index (Phi) is 6.77. The van der Waals surface area contributed by atoms with Gasteiger partial charge in [0.05, 0.1) is 17.1 Å². The Morgan fingerprint density at radius 1 is 1.17 bits per heavy atom. The summed E-state index contributed by atoms with van der Waals surface area (Å²) >= 11 is 0. The van der Waals surface area contributed by atoms with Crippen LogP contribution < -0.4 is 15.4 Å². The van der Waals surface area contributed by atoms with Crippen molar-refractivity contribution in [2.75, 3.05) is 5.32 Å². The van der Waals surface area contributed by atoms with E-state index < -0.39 is 35.6 Å². The number of anilines is 1. The topological polar surface area (TPSA) is 107 Å². The number of nitrogens with one attached hydrogen (secondary N) is 2. The third-order valence-electron chi connectivity index (χ3n) is 5.50. The van der Waals surface area contributed by atoms with E-state index in [1.807, 2.05) is 5.32 Å². The molecule has 188 valence electrons. The Bertz CT molecular complexity index is 1360. The smallest absolute Gasteiger partial charge is 0.444 e. The van der Waals surface area contributed by atoms with Crippen LogP contribution in [-0.4, -0.2) is 29.3 Å². The van der Waals surface area contributed by atoms with Gasteiger partial charge >= 0.3 is 12.5 Å². The number of rotatable bonds is 5. The maximum absolute atomic E-state index is 13.9. The van der Waals surface area contributed by atoms with Crippen molar-refractivity contribution in [3.63, 3.8) is 0 Å². The number of benzene rings is 2. The molecule has 0 radical (unpaired) electrons. The van der Waals surface area contributed by atoms with Gasteiger partial charge in [-0.25, -0.2) is 9.18 Å². The van der Waals surface area contributed by atoms with E-state index in [9.17, 15) is 31.9 Å². The summed E-state index contributed by atoms with van der Waals surface area (Å²) < 4.78 is 59.8. The maximum Gasteiger partial charge on any atom is 0.573 e. The van der Waals surface area contributed by atoms with Crippen LogP contribution in [0.15, 0.2) is 42.5 Å². The lowest BCUT2D eigenvalue weighted by Gasteiger charge is -2.22. The minimum atomic E-state index is -4.98. The first-order valence-electron chi connectivity index (χ1n) is 10.7. The molecule has 2 N–H and O–H groups in total. The minimum absolute atomic E-state index is 0.225. The van der Waals surface area contributed by atoms with Crippen LogP contribution >= 0.6 is 0 Å². The summed E-state index contributed by atoms with van der Waals surface area (Å²) in [7, 11) is 0. The van der Waals surface area contributed by atoms with E-state index >= 15 is 0 Å². The highest BCUT2D eigenvalue weighted by Crippen LogP contribution is 2.30. The molecule has 4 rings (SSSR count). The van der Waals surface area contributed by atoms with Gasteiger partial charge in [-0.3, -0.25) is 25.2 Å². The van der Waals surface area contributed by atoms with Crippen LogP contribution in [0.2, 0.25) is 0 Å². The lowest BCUT2D eigenvalue weighted by Crippen LogP contribution is -2.39. The van der Waals surface area contributed by atoms with Crippen LogP contribution in [0.3, 0.4) is 0 Å². The summed E-state index contributed by atoms with van der Waals surface area (Å²) in [5.41, 5.74) is 1.97. The van der Waals surface area contributed by atoms with Gasteiger partial charge in [-0.15, -0.1) is 13.2 Å². The molecule has 2 heterocycles. The van der Waals surface area contributed by atoms with Crippen molar-refractivity contribution in [1.29, 1.82) is 0 Å². The molecule has 0 spiro atoms. The minimum Gasteiger partial charge on any atom is -0.444 e. The van der Waals surface area contributed by atoms with Gasteiger partial charge in [0.1, 0.15) is 18.2 Å². The summed E-state index contributed by atoms with van der Waals surface area (Å²) in [4.78, 5) is 40.4. The molecule has 1 unspecified atom stereocenters. The molecule has 1 fully saturated rings. The van der Waals surface area contributed by atoms with Crippen molar-refractivity contribution in [3.8, 4) is 5.75 Å². The van der Waals surface area contributed by atoms with E-state index in [1.54, 1.807) is 31.2 Å². The lowest BCUT2D eigenvalue weighted by molar-refractivity contribution is -0.274. The summed E-state index contributed by atoms with van der Waals surface area (Å²) in [6.07, 6.45) is -5.47. The second-order valence-corrected chi connectivity index (χ2v) is 8.08. The van der Waals surface area contributed by atoms with Gasteiger partial charge in [0, 0.05) is 23.6 Å². The summed E-state index contributed by atoms with van der Waals surface area (Å²) in [6.45, 7) is 1.54. The van der Waals surface area contributed by atoms with Crippen LogP contribution in [0, 0.1) is 12.7 Å². The zero-order valence-corrected chi connectivity index (χ0v) is 18.7. The Hall–Kier alpha value is -4.22. The van der Waals surface area contributed by atoms with Crippen LogP contribution in [0.25, 0.3) is 10.9 Å². The first kappa shape index (κ1) is 24.9. The normalized spacial score (nSPS) is 16.0. The number of carbonyl (C=O) groups is 3. The fraction of sp³-hybridized carbons (Fsp3) is 0.250. The van der Waals surface area contributed by atoms with Crippen molar-refractivity contribution >= 4 is 34.5 Å². The number of imide groups is 1. The van der Waals surface area contributed by atoms with Crippen molar-refractivity contribution in [2.24, 2.45) is 0 Å². The van der Waals surface area contributed by atoms with Gasteiger partial charge in [0.15, 0.2) is 0 Å². The molecule has 36 heavy (non-hydrogen) atoms. The number of halogens is 4. The zero-order valence-electron chi connectivity index (χ0n) is 18.7. The molecule has 8 nitrogen and oxygen atoms in total. The molecule has 3 aromatic rings. The van der Waals surface area contributed by atoms with Gasteiger partial charge in [0.2, 0.25) is 11.8 Å². The van der Waals surface area contributed by atoms with Crippen molar-refractivity contribution < 1.29 is 41.4 Å². The van der Waals surface area contributed by atoms with Crippen LogP contribution in [-0.2, 0) is 20.9 Å². The molecule has 2 aromatic carbocycles. The number of nitrogens with zero attached hydrogens (tertiary/aromatic N) is 1.